The fraction of sp³-hybridized carbons (Fsp3) is 0.333. The maximum atomic E-state index is 11.3. The summed E-state index contributed by atoms with van der Waals surface area (Å²) in [5.41, 5.74) is 0.649. The van der Waals surface area contributed by atoms with Crippen molar-refractivity contribution in [2.24, 2.45) is 0 Å². The number of halogens is 1. The number of benzene rings is 1. The number of nitrogens with one attached hydrogen (secondary N) is 1. The Bertz CT molecular complexity index is 405. The summed E-state index contributed by atoms with van der Waals surface area (Å²) in [4.78, 5) is 22.1. The number of hydrogen-bond donors (Lipinski definition) is 1. The van der Waals surface area contributed by atoms with Crippen molar-refractivity contribution in [2.75, 3.05) is 24.9 Å². The van der Waals surface area contributed by atoms with Gasteiger partial charge in [-0.15, -0.1) is 11.6 Å². The lowest BCUT2D eigenvalue weighted by molar-refractivity contribution is -0.142. The van der Waals surface area contributed by atoms with Crippen LogP contribution in [0.1, 0.15) is 6.42 Å². The Hall–Kier alpha value is -1.75. The molecule has 0 saturated heterocycles. The maximum Gasteiger partial charge on any atom is 0.343 e. The molecule has 0 radical (unpaired) electrons. The number of ether oxygens (including phenoxy) is 2. The van der Waals surface area contributed by atoms with E-state index in [1.807, 2.05) is 0 Å². The van der Waals surface area contributed by atoms with Crippen LogP contribution in [0.15, 0.2) is 24.3 Å². The van der Waals surface area contributed by atoms with Gasteiger partial charge in [-0.05, 0) is 24.3 Å². The third-order valence-corrected chi connectivity index (χ3v) is 2.23. The standard InChI is InChI=1S/C12H14ClNO4/c1-17-12(16)8-18-10-4-2-9(3-5-10)14-11(15)6-7-13/h2-5H,6-8H2,1H3,(H,14,15). The summed E-state index contributed by atoms with van der Waals surface area (Å²) >= 11 is 5.45. The first-order chi connectivity index (χ1) is 8.65. The molecule has 0 spiro atoms. The van der Waals surface area contributed by atoms with Gasteiger partial charge >= 0.3 is 5.97 Å². The Balaban J connectivity index is 2.47. The van der Waals surface area contributed by atoms with E-state index in [0.29, 0.717) is 11.4 Å². The molecule has 6 heteroatoms. The lowest BCUT2D eigenvalue weighted by Crippen LogP contribution is -2.13. The molecule has 0 aliphatic heterocycles. The van der Waals surface area contributed by atoms with E-state index >= 15 is 0 Å². The molecule has 0 bridgehead atoms. The molecule has 1 aromatic rings. The van der Waals surface area contributed by atoms with Crippen molar-refractivity contribution in [3.8, 4) is 5.75 Å². The number of alkyl halides is 1. The predicted octanol–water partition coefficient (Wildman–Crippen LogP) is 1.81. The minimum absolute atomic E-state index is 0.144. The highest BCUT2D eigenvalue weighted by Gasteiger charge is 2.03. The molecule has 0 aliphatic rings. The third-order valence-electron chi connectivity index (χ3n) is 2.04. The average molecular weight is 272 g/mol. The SMILES string of the molecule is COC(=O)COc1ccc(NC(=O)CCCl)cc1. The maximum absolute atomic E-state index is 11.3. The number of hydrogen-bond acceptors (Lipinski definition) is 4. The van der Waals surface area contributed by atoms with E-state index in [2.05, 4.69) is 10.1 Å². The van der Waals surface area contributed by atoms with Crippen molar-refractivity contribution in [3.05, 3.63) is 24.3 Å². The van der Waals surface area contributed by atoms with E-state index in [4.69, 9.17) is 16.3 Å². The highest BCUT2D eigenvalue weighted by molar-refractivity contribution is 6.19. The molecule has 0 atom stereocenters. The van der Waals surface area contributed by atoms with Crippen LogP contribution in [0, 0.1) is 0 Å². The van der Waals surface area contributed by atoms with E-state index < -0.39 is 5.97 Å². The minimum Gasteiger partial charge on any atom is -0.482 e. The topological polar surface area (TPSA) is 64.6 Å². The first-order valence-electron chi connectivity index (χ1n) is 5.31. The molecule has 1 amide bonds. The first-order valence-corrected chi connectivity index (χ1v) is 5.84. The Labute approximate surface area is 110 Å². The zero-order chi connectivity index (χ0) is 13.4. The molecule has 0 saturated carbocycles. The van der Waals surface area contributed by atoms with E-state index in [1.165, 1.54) is 7.11 Å². The van der Waals surface area contributed by atoms with Crippen LogP contribution in [0.25, 0.3) is 0 Å². The van der Waals surface area contributed by atoms with Crippen LogP contribution in [0.2, 0.25) is 0 Å². The highest BCUT2D eigenvalue weighted by atomic mass is 35.5. The van der Waals surface area contributed by atoms with Gasteiger partial charge in [0.1, 0.15) is 5.75 Å². The number of anilines is 1. The summed E-state index contributed by atoms with van der Waals surface area (Å²) in [6, 6.07) is 6.66. The van der Waals surface area contributed by atoms with Crippen molar-refractivity contribution in [3.63, 3.8) is 0 Å². The molecule has 1 N–H and O–H groups in total. The molecule has 1 aromatic carbocycles. The second kappa shape index (κ2) is 7.55. The van der Waals surface area contributed by atoms with E-state index in [9.17, 15) is 9.59 Å². The number of amides is 1. The van der Waals surface area contributed by atoms with Crippen LogP contribution in [0.3, 0.4) is 0 Å². The van der Waals surface area contributed by atoms with Gasteiger partial charge in [-0.1, -0.05) is 0 Å². The lowest BCUT2D eigenvalue weighted by atomic mass is 10.3. The zero-order valence-electron chi connectivity index (χ0n) is 9.94. The summed E-state index contributed by atoms with van der Waals surface area (Å²) in [5.74, 6) is 0.213. The zero-order valence-corrected chi connectivity index (χ0v) is 10.7. The first kappa shape index (κ1) is 14.3. The number of esters is 1. The second-order valence-corrected chi connectivity index (χ2v) is 3.75. The number of carbonyl (C=O) groups excluding carboxylic acids is 2. The van der Waals surface area contributed by atoms with Crippen LogP contribution in [-0.4, -0.2) is 31.5 Å². The summed E-state index contributed by atoms with van der Waals surface area (Å²) < 4.78 is 9.60. The molecule has 0 aromatic heterocycles. The summed E-state index contributed by atoms with van der Waals surface area (Å²) in [7, 11) is 1.29. The van der Waals surface area contributed by atoms with Gasteiger partial charge in [0, 0.05) is 18.0 Å². The molecule has 18 heavy (non-hydrogen) atoms. The summed E-state index contributed by atoms with van der Waals surface area (Å²) in [6.07, 6.45) is 0.266. The van der Waals surface area contributed by atoms with Crippen molar-refractivity contribution >= 4 is 29.2 Å². The second-order valence-electron chi connectivity index (χ2n) is 3.38. The molecule has 0 fully saturated rings. The molecular weight excluding hydrogens is 258 g/mol. The Morgan fingerprint density at radius 3 is 2.50 bits per heavy atom. The minimum atomic E-state index is -0.450. The fourth-order valence-electron chi connectivity index (χ4n) is 1.14. The smallest absolute Gasteiger partial charge is 0.343 e. The molecule has 5 nitrogen and oxygen atoms in total. The van der Waals surface area contributed by atoms with Gasteiger partial charge in [0.2, 0.25) is 5.91 Å². The van der Waals surface area contributed by atoms with Crippen LogP contribution in [0.4, 0.5) is 5.69 Å². The average Bonchev–Trinajstić information content (AvgIpc) is 2.37. The quantitative estimate of drug-likeness (QED) is 0.633. The lowest BCUT2D eigenvalue weighted by Gasteiger charge is -2.07. The van der Waals surface area contributed by atoms with E-state index in [1.54, 1.807) is 24.3 Å². The van der Waals surface area contributed by atoms with E-state index in [-0.39, 0.29) is 24.8 Å². The Morgan fingerprint density at radius 1 is 1.28 bits per heavy atom. The third kappa shape index (κ3) is 5.05. The number of methoxy groups -OCH3 is 1. The summed E-state index contributed by atoms with van der Waals surface area (Å²) in [5, 5.41) is 2.68. The largest absolute Gasteiger partial charge is 0.482 e. The monoisotopic (exact) mass is 271 g/mol. The Morgan fingerprint density at radius 2 is 1.94 bits per heavy atom. The van der Waals surface area contributed by atoms with Crippen molar-refractivity contribution < 1.29 is 19.1 Å². The molecule has 0 aliphatic carbocycles. The van der Waals surface area contributed by atoms with Gasteiger partial charge in [-0.3, -0.25) is 4.79 Å². The molecule has 1 rings (SSSR count). The summed E-state index contributed by atoms with van der Waals surface area (Å²) in [6.45, 7) is -0.144. The Kier molecular flexibility index (Phi) is 6.00. The van der Waals surface area contributed by atoms with Gasteiger partial charge < -0.3 is 14.8 Å². The van der Waals surface area contributed by atoms with Gasteiger partial charge in [0.25, 0.3) is 0 Å². The van der Waals surface area contributed by atoms with Crippen LogP contribution < -0.4 is 10.1 Å². The number of carbonyl (C=O) groups is 2. The van der Waals surface area contributed by atoms with E-state index in [0.717, 1.165) is 0 Å². The normalized spacial score (nSPS) is 9.67. The van der Waals surface area contributed by atoms with Crippen LogP contribution >= 0.6 is 11.6 Å². The van der Waals surface area contributed by atoms with Crippen LogP contribution in [-0.2, 0) is 14.3 Å². The van der Waals surface area contributed by atoms with Gasteiger partial charge in [-0.2, -0.15) is 0 Å². The van der Waals surface area contributed by atoms with Crippen molar-refractivity contribution in [1.82, 2.24) is 0 Å². The molecule has 0 heterocycles. The molecule has 98 valence electrons. The van der Waals surface area contributed by atoms with Crippen LogP contribution in [0.5, 0.6) is 5.75 Å². The van der Waals surface area contributed by atoms with Crippen molar-refractivity contribution in [2.45, 2.75) is 6.42 Å². The molecule has 0 unspecified atom stereocenters. The van der Waals surface area contributed by atoms with Gasteiger partial charge in [0.05, 0.1) is 7.11 Å². The fourth-order valence-corrected chi connectivity index (χ4v) is 1.32. The molecular formula is C12H14ClNO4. The number of rotatable bonds is 6. The van der Waals surface area contributed by atoms with Gasteiger partial charge in [-0.25, -0.2) is 4.79 Å². The van der Waals surface area contributed by atoms with Crippen molar-refractivity contribution in [1.29, 1.82) is 0 Å². The highest BCUT2D eigenvalue weighted by Crippen LogP contribution is 2.15. The predicted molar refractivity (Wildman–Crippen MR) is 67.9 cm³/mol. The van der Waals surface area contributed by atoms with Gasteiger partial charge in [0.15, 0.2) is 6.61 Å².